The summed E-state index contributed by atoms with van der Waals surface area (Å²) in [6, 6.07) is 4.92. The Bertz CT molecular complexity index is 565. The van der Waals surface area contributed by atoms with E-state index in [9.17, 15) is 13.5 Å². The normalized spacial score (nSPS) is 19.6. The Kier molecular flexibility index (Phi) is 5.75. The van der Waals surface area contributed by atoms with Crippen molar-refractivity contribution in [2.45, 2.75) is 37.7 Å². The molecule has 0 aromatic heterocycles. The Morgan fingerprint density at radius 3 is 2.81 bits per heavy atom. The van der Waals surface area contributed by atoms with Crippen LogP contribution in [0.2, 0.25) is 0 Å². The summed E-state index contributed by atoms with van der Waals surface area (Å²) in [5.41, 5.74) is 1.64. The molecule has 1 aliphatic rings. The maximum Gasteiger partial charge on any atom is 0.240 e. The molecule has 5 nitrogen and oxygen atoms in total. The Labute approximate surface area is 126 Å². The van der Waals surface area contributed by atoms with Crippen molar-refractivity contribution in [3.8, 4) is 0 Å². The van der Waals surface area contributed by atoms with Gasteiger partial charge < -0.3 is 9.84 Å². The van der Waals surface area contributed by atoms with Crippen molar-refractivity contribution in [1.29, 1.82) is 0 Å². The van der Waals surface area contributed by atoms with Gasteiger partial charge in [0.25, 0.3) is 0 Å². The van der Waals surface area contributed by atoms with Crippen LogP contribution in [0.1, 0.15) is 30.9 Å². The molecule has 0 bridgehead atoms. The lowest BCUT2D eigenvalue weighted by atomic mass is 10.0. The first-order valence-electron chi connectivity index (χ1n) is 7.37. The van der Waals surface area contributed by atoms with Gasteiger partial charge in [-0.3, -0.25) is 0 Å². The number of benzene rings is 1. The van der Waals surface area contributed by atoms with E-state index >= 15 is 0 Å². The monoisotopic (exact) mass is 313 g/mol. The second-order valence-corrected chi connectivity index (χ2v) is 7.14. The van der Waals surface area contributed by atoms with Gasteiger partial charge in [0.15, 0.2) is 0 Å². The number of ether oxygens (including phenoxy) is 1. The smallest absolute Gasteiger partial charge is 0.240 e. The molecular formula is C15H23NO4S. The van der Waals surface area contributed by atoms with E-state index in [1.54, 1.807) is 18.2 Å². The fourth-order valence-electron chi connectivity index (χ4n) is 2.54. The number of sulfonamides is 1. The van der Waals surface area contributed by atoms with Crippen LogP contribution in [0.4, 0.5) is 0 Å². The zero-order valence-electron chi connectivity index (χ0n) is 12.3. The number of aliphatic hydroxyl groups is 1. The van der Waals surface area contributed by atoms with Gasteiger partial charge in [0.05, 0.1) is 18.1 Å². The summed E-state index contributed by atoms with van der Waals surface area (Å²) < 4.78 is 32.6. The first-order chi connectivity index (χ1) is 10.1. The zero-order chi connectivity index (χ0) is 15.3. The van der Waals surface area contributed by atoms with Crippen molar-refractivity contribution in [1.82, 2.24) is 4.72 Å². The molecule has 1 aromatic carbocycles. The molecule has 0 aliphatic carbocycles. The molecule has 2 rings (SSSR count). The SMILES string of the molecule is CCc1ccc(S(=O)(=O)NCC2CCCOC2)cc1CO. The fraction of sp³-hybridized carbons (Fsp3) is 0.600. The molecule has 118 valence electrons. The Morgan fingerprint density at radius 2 is 2.19 bits per heavy atom. The molecule has 1 heterocycles. The highest BCUT2D eigenvalue weighted by Crippen LogP contribution is 2.18. The number of aryl methyl sites for hydroxylation is 1. The Hall–Kier alpha value is -0.950. The molecular weight excluding hydrogens is 290 g/mol. The predicted octanol–water partition coefficient (Wildman–Crippen LogP) is 1.45. The summed E-state index contributed by atoms with van der Waals surface area (Å²) in [6.07, 6.45) is 2.73. The molecule has 0 spiro atoms. The minimum atomic E-state index is -3.53. The van der Waals surface area contributed by atoms with E-state index in [2.05, 4.69) is 4.72 Å². The summed E-state index contributed by atoms with van der Waals surface area (Å²) in [6.45, 7) is 3.60. The van der Waals surface area contributed by atoms with Gasteiger partial charge in [-0.2, -0.15) is 0 Å². The van der Waals surface area contributed by atoms with Gasteiger partial charge in [-0.05, 0) is 48.4 Å². The van der Waals surface area contributed by atoms with Gasteiger partial charge in [0.1, 0.15) is 0 Å². The maximum atomic E-state index is 12.3. The van der Waals surface area contributed by atoms with Crippen LogP contribution in [0.25, 0.3) is 0 Å². The van der Waals surface area contributed by atoms with Crippen LogP contribution in [-0.4, -0.2) is 33.3 Å². The number of nitrogens with one attached hydrogen (secondary N) is 1. The zero-order valence-corrected chi connectivity index (χ0v) is 13.2. The van der Waals surface area contributed by atoms with Crippen LogP contribution in [0.15, 0.2) is 23.1 Å². The number of aliphatic hydroxyl groups excluding tert-OH is 1. The molecule has 1 fully saturated rings. The van der Waals surface area contributed by atoms with Crippen molar-refractivity contribution in [3.05, 3.63) is 29.3 Å². The molecule has 1 unspecified atom stereocenters. The van der Waals surface area contributed by atoms with E-state index in [0.717, 1.165) is 31.4 Å². The largest absolute Gasteiger partial charge is 0.392 e. The minimum Gasteiger partial charge on any atom is -0.392 e. The van der Waals surface area contributed by atoms with Crippen LogP contribution in [0, 0.1) is 5.92 Å². The van der Waals surface area contributed by atoms with E-state index in [1.807, 2.05) is 6.92 Å². The highest BCUT2D eigenvalue weighted by Gasteiger charge is 2.19. The maximum absolute atomic E-state index is 12.3. The Balaban J connectivity index is 2.07. The van der Waals surface area contributed by atoms with Crippen molar-refractivity contribution >= 4 is 10.0 Å². The van der Waals surface area contributed by atoms with Crippen LogP contribution in [0.5, 0.6) is 0 Å². The van der Waals surface area contributed by atoms with Crippen molar-refractivity contribution in [3.63, 3.8) is 0 Å². The molecule has 6 heteroatoms. The van der Waals surface area contributed by atoms with Crippen molar-refractivity contribution in [2.75, 3.05) is 19.8 Å². The number of rotatable bonds is 6. The summed E-state index contributed by atoms with van der Waals surface area (Å²) in [7, 11) is -3.53. The number of hydrogen-bond donors (Lipinski definition) is 2. The van der Waals surface area contributed by atoms with Gasteiger partial charge in [0, 0.05) is 13.2 Å². The first kappa shape index (κ1) is 16.4. The van der Waals surface area contributed by atoms with E-state index in [-0.39, 0.29) is 17.4 Å². The summed E-state index contributed by atoms with van der Waals surface area (Å²) in [5.74, 6) is 0.237. The lowest BCUT2D eigenvalue weighted by Gasteiger charge is -2.22. The van der Waals surface area contributed by atoms with Crippen molar-refractivity contribution in [2.24, 2.45) is 5.92 Å². The van der Waals surface area contributed by atoms with Crippen molar-refractivity contribution < 1.29 is 18.3 Å². The first-order valence-corrected chi connectivity index (χ1v) is 8.85. The van der Waals surface area contributed by atoms with Gasteiger partial charge in [-0.15, -0.1) is 0 Å². The number of hydrogen-bond acceptors (Lipinski definition) is 4. The molecule has 1 aliphatic heterocycles. The molecule has 0 saturated carbocycles. The molecule has 1 atom stereocenters. The lowest BCUT2D eigenvalue weighted by Crippen LogP contribution is -2.33. The third-order valence-corrected chi connectivity index (χ3v) is 5.28. The molecule has 0 radical (unpaired) electrons. The van der Waals surface area contributed by atoms with Gasteiger partial charge in [-0.1, -0.05) is 13.0 Å². The Morgan fingerprint density at radius 1 is 1.38 bits per heavy atom. The fourth-order valence-corrected chi connectivity index (χ4v) is 3.71. The lowest BCUT2D eigenvalue weighted by molar-refractivity contribution is 0.0568. The molecule has 1 aromatic rings. The topological polar surface area (TPSA) is 75.6 Å². The van der Waals surface area contributed by atoms with Crippen LogP contribution in [-0.2, 0) is 27.8 Å². The van der Waals surface area contributed by atoms with E-state index in [0.29, 0.717) is 18.7 Å². The third kappa shape index (κ3) is 4.26. The summed E-state index contributed by atoms with van der Waals surface area (Å²) in [5, 5.41) is 9.34. The molecule has 2 N–H and O–H groups in total. The quantitative estimate of drug-likeness (QED) is 0.833. The second-order valence-electron chi connectivity index (χ2n) is 5.38. The van der Waals surface area contributed by atoms with Crippen LogP contribution >= 0.6 is 0 Å². The molecule has 1 saturated heterocycles. The third-order valence-electron chi connectivity index (χ3n) is 3.86. The standard InChI is InChI=1S/C15H23NO4S/c1-2-13-5-6-15(8-14(13)10-17)21(18,19)16-9-12-4-3-7-20-11-12/h5-6,8,12,16-17H,2-4,7,9-11H2,1H3. The van der Waals surface area contributed by atoms with Crippen LogP contribution in [0.3, 0.4) is 0 Å². The van der Waals surface area contributed by atoms with Gasteiger partial charge >= 0.3 is 0 Å². The predicted molar refractivity (Wildman–Crippen MR) is 80.5 cm³/mol. The molecule has 0 amide bonds. The van der Waals surface area contributed by atoms with Gasteiger partial charge in [0.2, 0.25) is 10.0 Å². The summed E-state index contributed by atoms with van der Waals surface area (Å²) in [4.78, 5) is 0.209. The van der Waals surface area contributed by atoms with Crippen LogP contribution < -0.4 is 4.72 Å². The highest BCUT2D eigenvalue weighted by atomic mass is 32.2. The minimum absolute atomic E-state index is 0.150. The highest BCUT2D eigenvalue weighted by molar-refractivity contribution is 7.89. The van der Waals surface area contributed by atoms with E-state index in [1.165, 1.54) is 0 Å². The second kappa shape index (κ2) is 7.35. The average Bonchev–Trinajstić information content (AvgIpc) is 2.53. The van der Waals surface area contributed by atoms with E-state index < -0.39 is 10.0 Å². The summed E-state index contributed by atoms with van der Waals surface area (Å²) >= 11 is 0. The average molecular weight is 313 g/mol. The van der Waals surface area contributed by atoms with Gasteiger partial charge in [-0.25, -0.2) is 13.1 Å². The molecule has 21 heavy (non-hydrogen) atoms. The van der Waals surface area contributed by atoms with E-state index in [4.69, 9.17) is 4.74 Å².